The van der Waals surface area contributed by atoms with Crippen LogP contribution in [0.5, 0.6) is 5.75 Å². The first-order chi connectivity index (χ1) is 13.7. The van der Waals surface area contributed by atoms with E-state index in [9.17, 15) is 4.79 Å². The number of anilines is 1. The highest BCUT2D eigenvalue weighted by Crippen LogP contribution is 2.33. The molecular formula is C24H24N2O2. The van der Waals surface area contributed by atoms with Crippen molar-refractivity contribution in [3.05, 3.63) is 95.6 Å². The van der Waals surface area contributed by atoms with E-state index < -0.39 is 0 Å². The summed E-state index contributed by atoms with van der Waals surface area (Å²) in [6.07, 6.45) is 0. The molecule has 1 heterocycles. The zero-order valence-electron chi connectivity index (χ0n) is 16.0. The van der Waals surface area contributed by atoms with Crippen molar-refractivity contribution in [1.82, 2.24) is 4.90 Å². The van der Waals surface area contributed by atoms with Gasteiger partial charge in [0.2, 0.25) is 5.91 Å². The Kier molecular flexibility index (Phi) is 5.40. The SMILES string of the molecule is COc1cccc(NC(=O)CN2Cc3ccccc3C(c3ccccc3)C2)c1. The molecule has 28 heavy (non-hydrogen) atoms. The lowest BCUT2D eigenvalue weighted by molar-refractivity contribution is -0.117. The number of hydrogen-bond acceptors (Lipinski definition) is 3. The highest BCUT2D eigenvalue weighted by atomic mass is 16.5. The topological polar surface area (TPSA) is 41.6 Å². The number of methoxy groups -OCH3 is 1. The van der Waals surface area contributed by atoms with Crippen LogP contribution in [0.1, 0.15) is 22.6 Å². The van der Waals surface area contributed by atoms with Crippen LogP contribution in [-0.2, 0) is 11.3 Å². The monoisotopic (exact) mass is 372 g/mol. The van der Waals surface area contributed by atoms with E-state index in [2.05, 4.69) is 58.7 Å². The van der Waals surface area contributed by atoms with Crippen LogP contribution >= 0.6 is 0 Å². The van der Waals surface area contributed by atoms with Crippen LogP contribution in [0.25, 0.3) is 0 Å². The predicted octanol–water partition coefficient (Wildman–Crippen LogP) is 4.28. The van der Waals surface area contributed by atoms with Gasteiger partial charge >= 0.3 is 0 Å². The first-order valence-corrected chi connectivity index (χ1v) is 9.52. The first kappa shape index (κ1) is 18.3. The molecule has 3 aromatic carbocycles. The second-order valence-electron chi connectivity index (χ2n) is 7.11. The fourth-order valence-corrected chi connectivity index (χ4v) is 3.88. The third-order valence-electron chi connectivity index (χ3n) is 5.19. The molecule has 1 amide bonds. The predicted molar refractivity (Wildman–Crippen MR) is 112 cm³/mol. The molecule has 0 aliphatic carbocycles. The normalized spacial score (nSPS) is 16.2. The Bertz CT molecular complexity index is 956. The van der Waals surface area contributed by atoms with Crippen LogP contribution in [0.2, 0.25) is 0 Å². The van der Waals surface area contributed by atoms with Crippen LogP contribution in [0, 0.1) is 0 Å². The number of amides is 1. The van der Waals surface area contributed by atoms with Crippen molar-refractivity contribution in [3.63, 3.8) is 0 Å². The first-order valence-electron chi connectivity index (χ1n) is 9.52. The van der Waals surface area contributed by atoms with E-state index in [0.29, 0.717) is 6.54 Å². The molecule has 0 radical (unpaired) electrons. The van der Waals surface area contributed by atoms with Gasteiger partial charge in [0.25, 0.3) is 0 Å². The molecule has 0 fully saturated rings. The summed E-state index contributed by atoms with van der Waals surface area (Å²) in [5.41, 5.74) is 4.68. The summed E-state index contributed by atoms with van der Waals surface area (Å²) in [4.78, 5) is 14.9. The molecule has 1 N–H and O–H groups in total. The fourth-order valence-electron chi connectivity index (χ4n) is 3.88. The zero-order chi connectivity index (χ0) is 19.3. The summed E-state index contributed by atoms with van der Waals surface area (Å²) in [6.45, 7) is 1.96. The lowest BCUT2D eigenvalue weighted by Gasteiger charge is -2.34. The number of ether oxygens (including phenoxy) is 1. The minimum atomic E-state index is -0.0144. The number of carbonyl (C=O) groups excluding carboxylic acids is 1. The van der Waals surface area contributed by atoms with E-state index in [-0.39, 0.29) is 11.8 Å². The molecule has 0 bridgehead atoms. The summed E-state index contributed by atoms with van der Waals surface area (Å²) in [5, 5.41) is 2.98. The average molecular weight is 372 g/mol. The molecule has 1 aliphatic rings. The largest absolute Gasteiger partial charge is 0.497 e. The van der Waals surface area contributed by atoms with Crippen molar-refractivity contribution in [2.45, 2.75) is 12.5 Å². The van der Waals surface area contributed by atoms with Crippen LogP contribution in [-0.4, -0.2) is 31.0 Å². The van der Waals surface area contributed by atoms with Gasteiger partial charge < -0.3 is 10.1 Å². The quantitative estimate of drug-likeness (QED) is 0.727. The van der Waals surface area contributed by atoms with E-state index >= 15 is 0 Å². The van der Waals surface area contributed by atoms with Gasteiger partial charge in [0.05, 0.1) is 13.7 Å². The molecule has 1 unspecified atom stereocenters. The second kappa shape index (κ2) is 8.28. The number of carbonyl (C=O) groups is 1. The lowest BCUT2D eigenvalue weighted by Crippen LogP contribution is -2.39. The van der Waals surface area contributed by atoms with Gasteiger partial charge in [-0.1, -0.05) is 60.7 Å². The van der Waals surface area contributed by atoms with Gasteiger partial charge in [-0.3, -0.25) is 9.69 Å². The third kappa shape index (κ3) is 4.07. The molecule has 4 heteroatoms. The van der Waals surface area contributed by atoms with Gasteiger partial charge in [-0.25, -0.2) is 0 Å². The Morgan fingerprint density at radius 3 is 2.64 bits per heavy atom. The molecular weight excluding hydrogens is 348 g/mol. The van der Waals surface area contributed by atoms with E-state index in [1.807, 2.05) is 30.3 Å². The van der Waals surface area contributed by atoms with Crippen molar-refractivity contribution in [3.8, 4) is 5.75 Å². The van der Waals surface area contributed by atoms with Gasteiger partial charge in [0, 0.05) is 30.8 Å². The maximum atomic E-state index is 12.6. The molecule has 4 nitrogen and oxygen atoms in total. The van der Waals surface area contributed by atoms with E-state index in [0.717, 1.165) is 24.5 Å². The molecule has 1 atom stereocenters. The average Bonchev–Trinajstić information content (AvgIpc) is 2.74. The molecule has 3 aromatic rings. The minimum absolute atomic E-state index is 0.0144. The zero-order valence-corrected chi connectivity index (χ0v) is 16.0. The van der Waals surface area contributed by atoms with Crippen molar-refractivity contribution in [2.24, 2.45) is 0 Å². The fraction of sp³-hybridized carbons (Fsp3) is 0.208. The number of rotatable bonds is 5. The van der Waals surface area contributed by atoms with Crippen LogP contribution in [0.15, 0.2) is 78.9 Å². The lowest BCUT2D eigenvalue weighted by atomic mass is 9.84. The highest BCUT2D eigenvalue weighted by molar-refractivity contribution is 5.92. The molecule has 0 spiro atoms. The number of nitrogens with one attached hydrogen (secondary N) is 1. The standard InChI is InChI=1S/C24H24N2O2/c1-28-21-12-7-11-20(14-21)25-24(27)17-26-15-19-10-5-6-13-22(19)23(16-26)18-8-3-2-4-9-18/h2-14,23H,15-17H2,1H3,(H,25,27). The van der Waals surface area contributed by atoms with Crippen molar-refractivity contribution < 1.29 is 9.53 Å². The molecule has 0 saturated heterocycles. The van der Waals surface area contributed by atoms with E-state index in [1.54, 1.807) is 7.11 Å². The molecule has 1 aliphatic heterocycles. The van der Waals surface area contributed by atoms with Crippen LogP contribution in [0.3, 0.4) is 0 Å². The minimum Gasteiger partial charge on any atom is -0.497 e. The Hall–Kier alpha value is -3.11. The molecule has 4 rings (SSSR count). The molecule has 142 valence electrons. The number of nitrogens with zero attached hydrogens (tertiary/aromatic N) is 1. The summed E-state index contributed by atoms with van der Waals surface area (Å²) in [6, 6.07) is 26.5. The van der Waals surface area contributed by atoms with Gasteiger partial charge in [0.15, 0.2) is 0 Å². The van der Waals surface area contributed by atoms with Crippen LogP contribution in [0.4, 0.5) is 5.69 Å². The number of fused-ring (bicyclic) bond motifs is 1. The maximum Gasteiger partial charge on any atom is 0.238 e. The van der Waals surface area contributed by atoms with Gasteiger partial charge in [-0.2, -0.15) is 0 Å². The van der Waals surface area contributed by atoms with Gasteiger partial charge in [0.1, 0.15) is 5.75 Å². The summed E-state index contributed by atoms with van der Waals surface area (Å²) in [5.74, 6) is 0.990. The smallest absolute Gasteiger partial charge is 0.238 e. The Labute approximate surface area is 165 Å². The number of hydrogen-bond donors (Lipinski definition) is 1. The van der Waals surface area contributed by atoms with Crippen LogP contribution < -0.4 is 10.1 Å². The maximum absolute atomic E-state index is 12.6. The van der Waals surface area contributed by atoms with Crippen molar-refractivity contribution in [2.75, 3.05) is 25.5 Å². The Morgan fingerprint density at radius 2 is 1.82 bits per heavy atom. The van der Waals surface area contributed by atoms with Gasteiger partial charge in [-0.15, -0.1) is 0 Å². The third-order valence-corrected chi connectivity index (χ3v) is 5.19. The molecule has 0 saturated carbocycles. The molecule has 0 aromatic heterocycles. The van der Waals surface area contributed by atoms with Crippen molar-refractivity contribution >= 4 is 11.6 Å². The van der Waals surface area contributed by atoms with E-state index in [4.69, 9.17) is 4.74 Å². The Balaban J connectivity index is 1.50. The van der Waals surface area contributed by atoms with E-state index in [1.165, 1.54) is 16.7 Å². The second-order valence-corrected chi connectivity index (χ2v) is 7.11. The number of benzene rings is 3. The Morgan fingerprint density at radius 1 is 1.04 bits per heavy atom. The van der Waals surface area contributed by atoms with Gasteiger partial charge in [-0.05, 0) is 28.8 Å². The summed E-state index contributed by atoms with van der Waals surface area (Å²) >= 11 is 0. The summed E-state index contributed by atoms with van der Waals surface area (Å²) in [7, 11) is 1.62. The summed E-state index contributed by atoms with van der Waals surface area (Å²) < 4.78 is 5.23. The van der Waals surface area contributed by atoms with Crippen molar-refractivity contribution in [1.29, 1.82) is 0 Å². The highest BCUT2D eigenvalue weighted by Gasteiger charge is 2.27.